The summed E-state index contributed by atoms with van der Waals surface area (Å²) in [4.78, 5) is 12.2. The Morgan fingerprint density at radius 3 is 2.17 bits per heavy atom. The first-order valence-corrected chi connectivity index (χ1v) is 9.81. The van der Waals surface area contributed by atoms with Gasteiger partial charge in [-0.15, -0.1) is 0 Å². The molecule has 0 fully saturated rings. The van der Waals surface area contributed by atoms with Crippen LogP contribution in [0.2, 0.25) is 5.02 Å². The Hall–Kier alpha value is -2.46. The zero-order chi connectivity index (χ0) is 21.8. The van der Waals surface area contributed by atoms with Gasteiger partial charge >= 0.3 is 5.97 Å². The van der Waals surface area contributed by atoms with E-state index in [1.165, 1.54) is 25.9 Å². The van der Waals surface area contributed by atoms with Crippen LogP contribution in [0, 0.1) is 13.8 Å². The lowest BCUT2D eigenvalue weighted by molar-refractivity contribution is -0.138. The van der Waals surface area contributed by atoms with Crippen molar-refractivity contribution < 1.29 is 19.0 Å². The van der Waals surface area contributed by atoms with Crippen molar-refractivity contribution >= 4 is 23.6 Å². The third-order valence-corrected chi connectivity index (χ3v) is 5.07. The number of benzene rings is 2. The molecule has 0 aromatic heterocycles. The summed E-state index contributed by atoms with van der Waals surface area (Å²) in [5.41, 5.74) is 5.35. The molecular weight excluding hydrogens is 388 g/mol. The average molecular weight is 417 g/mol. The zero-order valence-electron chi connectivity index (χ0n) is 18.2. The first-order chi connectivity index (χ1) is 13.6. The number of hydrogen-bond acceptors (Lipinski definition) is 4. The van der Waals surface area contributed by atoms with E-state index in [2.05, 4.69) is 32.9 Å². The largest absolute Gasteiger partial charge is 0.493 e. The Labute approximate surface area is 178 Å². The maximum absolute atomic E-state index is 12.2. The minimum absolute atomic E-state index is 0.0775. The molecule has 0 amide bonds. The van der Waals surface area contributed by atoms with Gasteiger partial charge in [-0.05, 0) is 65.3 Å². The Bertz CT molecular complexity index is 900. The second-order valence-electron chi connectivity index (χ2n) is 8.02. The zero-order valence-corrected chi connectivity index (χ0v) is 18.9. The van der Waals surface area contributed by atoms with Gasteiger partial charge in [-0.25, -0.2) is 4.79 Å². The third kappa shape index (κ3) is 5.77. The molecule has 0 heterocycles. The van der Waals surface area contributed by atoms with Crippen LogP contribution >= 0.6 is 11.6 Å². The number of hydrogen-bond donors (Lipinski definition) is 0. The predicted octanol–water partition coefficient (Wildman–Crippen LogP) is 6.03. The second kappa shape index (κ2) is 9.36. The summed E-state index contributed by atoms with van der Waals surface area (Å²) in [6.07, 6.45) is 3.02. The lowest BCUT2D eigenvalue weighted by Gasteiger charge is -2.22. The molecule has 0 N–H and O–H groups in total. The molecule has 0 atom stereocenters. The van der Waals surface area contributed by atoms with Crippen LogP contribution in [0.5, 0.6) is 11.5 Å². The lowest BCUT2D eigenvalue weighted by Crippen LogP contribution is -2.13. The highest BCUT2D eigenvalue weighted by Crippen LogP contribution is 2.36. The number of halogens is 1. The highest BCUT2D eigenvalue weighted by molar-refractivity contribution is 6.32. The van der Waals surface area contributed by atoms with Crippen molar-refractivity contribution in [2.75, 3.05) is 14.2 Å². The fourth-order valence-corrected chi connectivity index (χ4v) is 3.34. The molecule has 156 valence electrons. The molecule has 29 heavy (non-hydrogen) atoms. The van der Waals surface area contributed by atoms with Crippen molar-refractivity contribution in [1.82, 2.24) is 0 Å². The Morgan fingerprint density at radius 1 is 1.03 bits per heavy atom. The lowest BCUT2D eigenvalue weighted by atomic mass is 9.84. The number of rotatable bonds is 6. The van der Waals surface area contributed by atoms with Gasteiger partial charge in [0.25, 0.3) is 0 Å². The van der Waals surface area contributed by atoms with Crippen LogP contribution in [0.1, 0.15) is 48.6 Å². The summed E-state index contributed by atoms with van der Waals surface area (Å²) in [7, 11) is 3.06. The second-order valence-corrected chi connectivity index (χ2v) is 8.43. The molecule has 0 radical (unpaired) electrons. The minimum Gasteiger partial charge on any atom is -0.493 e. The highest BCUT2D eigenvalue weighted by Gasteiger charge is 2.17. The smallest absolute Gasteiger partial charge is 0.331 e. The molecule has 0 aliphatic heterocycles. The van der Waals surface area contributed by atoms with Crippen molar-refractivity contribution in [1.29, 1.82) is 0 Å². The van der Waals surface area contributed by atoms with Crippen LogP contribution in [-0.4, -0.2) is 20.2 Å². The summed E-state index contributed by atoms with van der Waals surface area (Å²) in [6, 6.07) is 7.77. The van der Waals surface area contributed by atoms with E-state index < -0.39 is 5.97 Å². The Morgan fingerprint density at radius 2 is 1.66 bits per heavy atom. The molecule has 4 nitrogen and oxygen atoms in total. The van der Waals surface area contributed by atoms with Gasteiger partial charge in [0.2, 0.25) is 0 Å². The van der Waals surface area contributed by atoms with E-state index in [0.29, 0.717) is 22.1 Å². The van der Waals surface area contributed by atoms with E-state index in [9.17, 15) is 4.79 Å². The van der Waals surface area contributed by atoms with Gasteiger partial charge in [0.1, 0.15) is 6.61 Å². The fourth-order valence-electron chi connectivity index (χ4n) is 3.04. The maximum Gasteiger partial charge on any atom is 0.331 e. The van der Waals surface area contributed by atoms with E-state index >= 15 is 0 Å². The van der Waals surface area contributed by atoms with Gasteiger partial charge in [0.05, 0.1) is 19.2 Å². The van der Waals surface area contributed by atoms with Gasteiger partial charge in [-0.1, -0.05) is 44.5 Å². The minimum atomic E-state index is -0.422. The molecule has 0 saturated heterocycles. The van der Waals surface area contributed by atoms with Crippen molar-refractivity contribution in [2.45, 2.75) is 46.6 Å². The van der Waals surface area contributed by atoms with E-state index in [1.807, 2.05) is 13.8 Å². The molecule has 5 heteroatoms. The topological polar surface area (TPSA) is 44.8 Å². The van der Waals surface area contributed by atoms with Gasteiger partial charge in [-0.3, -0.25) is 0 Å². The Kier molecular flexibility index (Phi) is 7.37. The number of carbonyl (C=O) groups is 1. The van der Waals surface area contributed by atoms with Gasteiger partial charge in [-0.2, -0.15) is 0 Å². The van der Waals surface area contributed by atoms with Crippen molar-refractivity contribution in [3.63, 3.8) is 0 Å². The van der Waals surface area contributed by atoms with Crippen molar-refractivity contribution in [3.8, 4) is 11.5 Å². The molecule has 0 aliphatic rings. The molecule has 0 saturated carbocycles. The number of carbonyl (C=O) groups excluding carboxylic acids is 1. The monoisotopic (exact) mass is 416 g/mol. The van der Waals surface area contributed by atoms with Crippen LogP contribution < -0.4 is 9.47 Å². The fraction of sp³-hybridized carbons (Fsp3) is 0.375. The van der Waals surface area contributed by atoms with Crippen molar-refractivity contribution in [3.05, 3.63) is 63.2 Å². The first kappa shape index (κ1) is 22.8. The average Bonchev–Trinajstić information content (AvgIpc) is 2.64. The van der Waals surface area contributed by atoms with E-state index in [4.69, 9.17) is 25.8 Å². The molecule has 0 bridgehead atoms. The number of ether oxygens (including phenoxy) is 3. The molecule has 2 rings (SSSR count). The van der Waals surface area contributed by atoms with Crippen LogP contribution in [0.25, 0.3) is 6.08 Å². The van der Waals surface area contributed by atoms with E-state index in [-0.39, 0.29) is 12.0 Å². The maximum atomic E-state index is 12.2. The number of methoxy groups -OCH3 is 2. The SMILES string of the molecule is COc1cc(C=CC(=O)OCc2c(C)cc(C(C)(C)C)cc2C)cc(Cl)c1OC. The number of aryl methyl sites for hydroxylation is 2. The highest BCUT2D eigenvalue weighted by atomic mass is 35.5. The van der Waals surface area contributed by atoms with Crippen LogP contribution in [-0.2, 0) is 21.6 Å². The van der Waals surface area contributed by atoms with E-state index in [0.717, 1.165) is 16.7 Å². The molecular formula is C24H29ClO4. The summed E-state index contributed by atoms with van der Waals surface area (Å²) in [6.45, 7) is 10.9. The number of esters is 1. The first-order valence-electron chi connectivity index (χ1n) is 9.43. The Balaban J connectivity index is 2.10. The van der Waals surface area contributed by atoms with Crippen molar-refractivity contribution in [2.24, 2.45) is 0 Å². The van der Waals surface area contributed by atoms with Crippen LogP contribution in [0.3, 0.4) is 0 Å². The summed E-state index contributed by atoms with van der Waals surface area (Å²) >= 11 is 6.19. The molecule has 0 unspecified atom stereocenters. The van der Waals surface area contributed by atoms with Gasteiger partial charge in [0.15, 0.2) is 11.5 Å². The summed E-state index contributed by atoms with van der Waals surface area (Å²) < 4.78 is 15.9. The molecule has 2 aromatic carbocycles. The quantitative estimate of drug-likeness (QED) is 0.426. The normalized spacial score (nSPS) is 11.6. The van der Waals surface area contributed by atoms with Crippen LogP contribution in [0.15, 0.2) is 30.3 Å². The molecule has 0 spiro atoms. The summed E-state index contributed by atoms with van der Waals surface area (Å²) in [5.74, 6) is 0.534. The van der Waals surface area contributed by atoms with Gasteiger partial charge < -0.3 is 14.2 Å². The standard InChI is InChI=1S/C24H29ClO4/c1-15-10-18(24(3,4)5)11-16(2)19(15)14-29-22(26)9-8-17-12-20(25)23(28-7)21(13-17)27-6/h8-13H,14H2,1-7H3. The van der Waals surface area contributed by atoms with E-state index in [1.54, 1.807) is 18.2 Å². The molecule has 0 aliphatic carbocycles. The molecule has 2 aromatic rings. The van der Waals surface area contributed by atoms with Gasteiger partial charge in [0, 0.05) is 6.08 Å². The van der Waals surface area contributed by atoms with Crippen LogP contribution in [0.4, 0.5) is 0 Å². The third-order valence-electron chi connectivity index (χ3n) is 4.79. The summed E-state index contributed by atoms with van der Waals surface area (Å²) in [5, 5.41) is 0.407. The predicted molar refractivity (Wildman–Crippen MR) is 118 cm³/mol.